The average molecular weight is 492 g/mol. The maximum absolute atomic E-state index is 13.2. The van der Waals surface area contributed by atoms with Crippen LogP contribution in [0.3, 0.4) is 0 Å². The van der Waals surface area contributed by atoms with Crippen LogP contribution in [0.1, 0.15) is 23.4 Å². The molecule has 0 bridgehead atoms. The molecule has 5 rings (SSSR count). The quantitative estimate of drug-likeness (QED) is 0.336. The first kappa shape index (κ1) is 23.3. The number of anilines is 3. The predicted molar refractivity (Wildman–Crippen MR) is 132 cm³/mol. The summed E-state index contributed by atoms with van der Waals surface area (Å²) < 4.78 is 17.3. The van der Waals surface area contributed by atoms with E-state index in [9.17, 15) is 9.59 Å². The molecule has 4 aromatic heterocycles. The van der Waals surface area contributed by atoms with Gasteiger partial charge in [0.15, 0.2) is 5.52 Å². The summed E-state index contributed by atoms with van der Waals surface area (Å²) in [4.78, 5) is 34.8. The zero-order chi connectivity index (χ0) is 25.2. The molecule has 3 N–H and O–H groups in total. The van der Waals surface area contributed by atoms with Crippen LogP contribution < -0.4 is 26.2 Å². The predicted octanol–water partition coefficient (Wildman–Crippen LogP) is 2.47. The second kappa shape index (κ2) is 9.66. The van der Waals surface area contributed by atoms with Crippen LogP contribution in [0.15, 0.2) is 52.0 Å². The molecule has 1 fully saturated rings. The Labute approximate surface area is 205 Å². The first-order valence-electron chi connectivity index (χ1n) is 11.3. The van der Waals surface area contributed by atoms with Crippen molar-refractivity contribution in [3.05, 3.63) is 58.8 Å². The number of carbonyl (C=O) groups excluding carboxylic acids is 1. The first-order valence-corrected chi connectivity index (χ1v) is 11.3. The summed E-state index contributed by atoms with van der Waals surface area (Å²) in [6.45, 7) is 0. The lowest BCUT2D eigenvalue weighted by molar-refractivity contribution is 0.00678. The van der Waals surface area contributed by atoms with Crippen molar-refractivity contribution < 1.29 is 18.8 Å². The second-order valence-electron chi connectivity index (χ2n) is 8.23. The number of hydrogen-bond acceptors (Lipinski definition) is 10. The highest BCUT2D eigenvalue weighted by atomic mass is 16.5. The van der Waals surface area contributed by atoms with E-state index in [4.69, 9.17) is 14.0 Å². The molecule has 0 aromatic carbocycles. The van der Waals surface area contributed by atoms with Crippen LogP contribution in [0.25, 0.3) is 16.7 Å². The van der Waals surface area contributed by atoms with Crippen molar-refractivity contribution in [1.82, 2.24) is 25.0 Å². The topological polar surface area (TPSA) is 145 Å². The van der Waals surface area contributed by atoms with E-state index in [1.165, 1.54) is 11.7 Å². The van der Waals surface area contributed by atoms with Crippen molar-refractivity contribution in [3.8, 4) is 11.6 Å². The highest BCUT2D eigenvalue weighted by Crippen LogP contribution is 2.29. The molecule has 186 valence electrons. The number of carbonyl (C=O) groups is 1. The van der Waals surface area contributed by atoms with Gasteiger partial charge in [-0.3, -0.25) is 14.2 Å². The third-order valence-electron chi connectivity index (χ3n) is 6.16. The minimum atomic E-state index is -0.426. The van der Waals surface area contributed by atoms with E-state index in [1.807, 2.05) is 0 Å². The fraction of sp³-hybridized carbons (Fsp3) is 0.292. The highest BCUT2D eigenvalue weighted by molar-refractivity contribution is 6.05. The smallest absolute Gasteiger partial charge is 0.292 e. The Kier molecular flexibility index (Phi) is 6.25. The normalized spacial score (nSPS) is 16.9. The summed E-state index contributed by atoms with van der Waals surface area (Å²) in [5, 5.41) is 13.0. The summed E-state index contributed by atoms with van der Waals surface area (Å²) in [5.74, 6) is 0.346. The van der Waals surface area contributed by atoms with E-state index in [2.05, 4.69) is 31.1 Å². The molecule has 0 spiro atoms. The molecule has 4 aromatic rings. The van der Waals surface area contributed by atoms with Gasteiger partial charge in [0.25, 0.3) is 11.5 Å². The van der Waals surface area contributed by atoms with Crippen molar-refractivity contribution in [1.29, 1.82) is 0 Å². The molecule has 1 saturated carbocycles. The lowest BCUT2D eigenvalue weighted by atomic mass is 9.89. The van der Waals surface area contributed by atoms with E-state index in [-0.39, 0.29) is 34.7 Å². The number of fused-ring (bicyclic) bond motifs is 1. The van der Waals surface area contributed by atoms with Crippen molar-refractivity contribution >= 4 is 34.1 Å². The number of amides is 1. The summed E-state index contributed by atoms with van der Waals surface area (Å²) in [6.07, 6.45) is 4.87. The van der Waals surface area contributed by atoms with E-state index in [0.29, 0.717) is 28.6 Å². The molecule has 36 heavy (non-hydrogen) atoms. The van der Waals surface area contributed by atoms with Gasteiger partial charge in [-0.1, -0.05) is 5.16 Å². The Morgan fingerprint density at radius 1 is 1.17 bits per heavy atom. The zero-order valence-electron chi connectivity index (χ0n) is 19.9. The molecular weight excluding hydrogens is 466 g/mol. The van der Waals surface area contributed by atoms with E-state index in [1.54, 1.807) is 56.9 Å². The number of pyridine rings is 3. The van der Waals surface area contributed by atoms with Crippen LogP contribution in [0, 0.1) is 0 Å². The molecule has 12 heteroatoms. The van der Waals surface area contributed by atoms with Gasteiger partial charge in [0.05, 0.1) is 36.8 Å². The average Bonchev–Trinajstić information content (AvgIpc) is 3.32. The monoisotopic (exact) mass is 491 g/mol. The van der Waals surface area contributed by atoms with Gasteiger partial charge in [-0.05, 0) is 31.0 Å². The van der Waals surface area contributed by atoms with Crippen LogP contribution in [-0.2, 0) is 4.74 Å². The van der Waals surface area contributed by atoms with Crippen molar-refractivity contribution in [3.63, 3.8) is 0 Å². The molecule has 1 aliphatic rings. The minimum absolute atomic E-state index is 0.0123. The minimum Gasteiger partial charge on any atom is -0.481 e. The number of nitrogens with one attached hydrogen (secondary N) is 3. The summed E-state index contributed by atoms with van der Waals surface area (Å²) in [5.41, 5.74) is 1.80. The van der Waals surface area contributed by atoms with Gasteiger partial charge >= 0.3 is 0 Å². The number of ether oxygens (including phenoxy) is 2. The second-order valence-corrected chi connectivity index (χ2v) is 8.23. The molecule has 0 saturated heterocycles. The van der Waals surface area contributed by atoms with Gasteiger partial charge in [0, 0.05) is 32.5 Å². The van der Waals surface area contributed by atoms with Crippen LogP contribution in [0.2, 0.25) is 0 Å². The zero-order valence-corrected chi connectivity index (χ0v) is 19.9. The molecule has 0 aliphatic heterocycles. The Balaban J connectivity index is 1.46. The van der Waals surface area contributed by atoms with Crippen molar-refractivity contribution in [2.24, 2.45) is 0 Å². The first-order chi connectivity index (χ1) is 17.5. The Hall–Kier alpha value is -4.45. The Morgan fingerprint density at radius 2 is 2.03 bits per heavy atom. The lowest BCUT2D eigenvalue weighted by Crippen LogP contribution is -2.51. The number of methoxy groups -OCH3 is 2. The SMILES string of the molecule is CNc1cc(Nc2cccn(-c3ccc(OC)nc3)c2=O)nc2c(C(=O)N[C@@H]3CC[C@H]3OC)onc12. The van der Waals surface area contributed by atoms with Crippen LogP contribution in [0.5, 0.6) is 5.88 Å². The van der Waals surface area contributed by atoms with E-state index < -0.39 is 5.91 Å². The molecule has 4 heterocycles. The van der Waals surface area contributed by atoms with Gasteiger partial charge in [0.2, 0.25) is 11.6 Å². The standard InChI is InChI=1S/C24H25N7O5/c1-25-16-11-18(27-15-5-4-10-31(24(15)33)13-6-9-19(35-3)26-12-13)29-21-20(16)30-36-22(21)23(32)28-14-7-8-17(14)34-2/h4-6,9-12,14,17,25H,7-8H2,1-3H3,(H,27,29)(H,28,32)/t14-,17-/m1/s1. The highest BCUT2D eigenvalue weighted by Gasteiger charge is 2.34. The number of rotatable bonds is 8. The number of nitrogens with zero attached hydrogens (tertiary/aromatic N) is 4. The van der Waals surface area contributed by atoms with Crippen molar-refractivity contribution in [2.45, 2.75) is 25.0 Å². The maximum Gasteiger partial charge on any atom is 0.292 e. The van der Waals surface area contributed by atoms with Gasteiger partial charge in [0.1, 0.15) is 17.0 Å². The van der Waals surface area contributed by atoms with E-state index in [0.717, 1.165) is 12.8 Å². The summed E-state index contributed by atoms with van der Waals surface area (Å²) in [6, 6.07) is 8.37. The van der Waals surface area contributed by atoms with E-state index >= 15 is 0 Å². The third kappa shape index (κ3) is 4.22. The molecule has 1 aliphatic carbocycles. The molecule has 12 nitrogen and oxygen atoms in total. The maximum atomic E-state index is 13.2. The molecule has 1 amide bonds. The van der Waals surface area contributed by atoms with Gasteiger partial charge < -0.3 is 29.9 Å². The van der Waals surface area contributed by atoms with Gasteiger partial charge in [-0.25, -0.2) is 9.97 Å². The van der Waals surface area contributed by atoms with Crippen LogP contribution in [0.4, 0.5) is 17.2 Å². The number of hydrogen-bond donors (Lipinski definition) is 3. The third-order valence-corrected chi connectivity index (χ3v) is 6.16. The van der Waals surface area contributed by atoms with Crippen LogP contribution >= 0.6 is 0 Å². The Bertz CT molecular complexity index is 1460. The fourth-order valence-corrected chi connectivity index (χ4v) is 4.04. The largest absolute Gasteiger partial charge is 0.481 e. The Morgan fingerprint density at radius 3 is 2.69 bits per heavy atom. The van der Waals surface area contributed by atoms with Crippen LogP contribution in [-0.4, -0.2) is 59.0 Å². The lowest BCUT2D eigenvalue weighted by Gasteiger charge is -2.35. The summed E-state index contributed by atoms with van der Waals surface area (Å²) in [7, 11) is 4.86. The van der Waals surface area contributed by atoms with Crippen molar-refractivity contribution in [2.75, 3.05) is 31.9 Å². The summed E-state index contributed by atoms with van der Waals surface area (Å²) >= 11 is 0. The molecular formula is C24H25N7O5. The number of aromatic nitrogens is 4. The molecule has 0 unspecified atom stereocenters. The fourth-order valence-electron chi connectivity index (χ4n) is 4.04. The molecule has 2 atom stereocenters. The van der Waals surface area contributed by atoms with Gasteiger partial charge in [-0.2, -0.15) is 0 Å². The molecule has 0 radical (unpaired) electrons. The van der Waals surface area contributed by atoms with Gasteiger partial charge in [-0.15, -0.1) is 0 Å².